The number of amidine groups is 1. The fourth-order valence-corrected chi connectivity index (χ4v) is 2.50. The van der Waals surface area contributed by atoms with Crippen molar-refractivity contribution in [2.75, 3.05) is 20.2 Å². The van der Waals surface area contributed by atoms with E-state index in [9.17, 15) is 0 Å². The Balaban J connectivity index is 2.13. The third kappa shape index (κ3) is 3.53. The minimum atomic E-state index is 0.665. The predicted molar refractivity (Wildman–Crippen MR) is 83.2 cm³/mol. The number of likely N-dealkylation sites (tertiary alicyclic amines) is 1. The zero-order valence-electron chi connectivity index (χ0n) is 11.6. The molecule has 0 aliphatic carbocycles. The van der Waals surface area contributed by atoms with Crippen LogP contribution in [-0.4, -0.2) is 35.9 Å². The van der Waals surface area contributed by atoms with E-state index < -0.39 is 0 Å². The van der Waals surface area contributed by atoms with Crippen molar-refractivity contribution in [3.8, 4) is 5.75 Å². The minimum Gasteiger partial charge on any atom is -0.497 e. The second kappa shape index (κ2) is 6.66. The van der Waals surface area contributed by atoms with E-state index in [0.29, 0.717) is 4.99 Å². The van der Waals surface area contributed by atoms with Gasteiger partial charge in [-0.3, -0.25) is 0 Å². The number of piperidine rings is 1. The van der Waals surface area contributed by atoms with Crippen LogP contribution in [0.1, 0.15) is 31.7 Å². The Bertz CT molecular complexity index is 468. The molecule has 4 heteroatoms. The molecule has 0 amide bonds. The zero-order chi connectivity index (χ0) is 13.7. The van der Waals surface area contributed by atoms with Gasteiger partial charge in [-0.25, -0.2) is 4.99 Å². The van der Waals surface area contributed by atoms with E-state index >= 15 is 0 Å². The number of nitrogens with zero attached hydrogens (tertiary/aromatic N) is 2. The zero-order valence-corrected chi connectivity index (χ0v) is 12.4. The molecule has 1 saturated heterocycles. The van der Waals surface area contributed by atoms with Gasteiger partial charge >= 0.3 is 0 Å². The van der Waals surface area contributed by atoms with Gasteiger partial charge in [-0.05, 0) is 44.0 Å². The van der Waals surface area contributed by atoms with Gasteiger partial charge in [-0.15, -0.1) is 0 Å². The number of rotatable bonds is 3. The summed E-state index contributed by atoms with van der Waals surface area (Å²) < 4.78 is 5.15. The fraction of sp³-hybridized carbons (Fsp3) is 0.467. The summed E-state index contributed by atoms with van der Waals surface area (Å²) in [6.45, 7) is 4.27. The monoisotopic (exact) mass is 276 g/mol. The molecule has 0 N–H and O–H groups in total. The highest BCUT2D eigenvalue weighted by Gasteiger charge is 2.15. The van der Waals surface area contributed by atoms with E-state index in [1.54, 1.807) is 7.11 Å². The number of hydrogen-bond donors (Lipinski definition) is 0. The van der Waals surface area contributed by atoms with Crippen molar-refractivity contribution in [2.24, 2.45) is 4.99 Å². The first kappa shape index (κ1) is 14.0. The van der Waals surface area contributed by atoms with Crippen LogP contribution in [0.15, 0.2) is 29.3 Å². The van der Waals surface area contributed by atoms with Gasteiger partial charge in [-0.1, -0.05) is 12.2 Å². The molecule has 1 aromatic carbocycles. The van der Waals surface area contributed by atoms with E-state index in [2.05, 4.69) is 16.8 Å². The molecule has 102 valence electrons. The Hall–Kier alpha value is -1.42. The molecule has 1 fully saturated rings. The summed E-state index contributed by atoms with van der Waals surface area (Å²) in [7, 11) is 1.66. The van der Waals surface area contributed by atoms with E-state index in [1.165, 1.54) is 12.8 Å². The van der Waals surface area contributed by atoms with Crippen LogP contribution >= 0.6 is 12.2 Å². The Morgan fingerprint density at radius 2 is 2.05 bits per heavy atom. The Kier molecular flexibility index (Phi) is 4.91. The summed E-state index contributed by atoms with van der Waals surface area (Å²) in [4.78, 5) is 7.63. The van der Waals surface area contributed by atoms with Crippen LogP contribution in [0.3, 0.4) is 0 Å². The highest BCUT2D eigenvalue weighted by Crippen LogP contribution is 2.16. The molecule has 1 aliphatic rings. The van der Waals surface area contributed by atoms with Crippen molar-refractivity contribution in [1.82, 2.24) is 4.90 Å². The van der Waals surface area contributed by atoms with Crippen LogP contribution in [0.5, 0.6) is 5.75 Å². The third-order valence-electron chi connectivity index (χ3n) is 3.39. The van der Waals surface area contributed by atoms with Crippen molar-refractivity contribution < 1.29 is 4.74 Å². The first-order valence-electron chi connectivity index (χ1n) is 6.75. The summed E-state index contributed by atoms with van der Waals surface area (Å²) >= 11 is 5.43. The van der Waals surface area contributed by atoms with E-state index in [-0.39, 0.29) is 0 Å². The first-order chi connectivity index (χ1) is 9.24. The molecule has 1 aliphatic heterocycles. The van der Waals surface area contributed by atoms with Crippen LogP contribution in [-0.2, 0) is 0 Å². The molecule has 0 aromatic heterocycles. The molecular formula is C15H20N2OS. The topological polar surface area (TPSA) is 24.8 Å². The highest BCUT2D eigenvalue weighted by atomic mass is 32.1. The third-order valence-corrected chi connectivity index (χ3v) is 3.72. The Morgan fingerprint density at radius 3 is 2.68 bits per heavy atom. The number of methoxy groups -OCH3 is 1. The van der Waals surface area contributed by atoms with Crippen molar-refractivity contribution in [2.45, 2.75) is 26.2 Å². The Morgan fingerprint density at radius 1 is 1.32 bits per heavy atom. The lowest BCUT2D eigenvalue weighted by atomic mass is 10.1. The average molecular weight is 276 g/mol. The Labute approximate surface area is 120 Å². The number of hydrogen-bond acceptors (Lipinski definition) is 2. The SMILES string of the molecule is CCN1CCCCC1=NC(=S)c1ccc(OC)cc1. The maximum atomic E-state index is 5.43. The number of ether oxygens (including phenoxy) is 1. The quantitative estimate of drug-likeness (QED) is 0.792. The lowest BCUT2D eigenvalue weighted by Gasteiger charge is -2.29. The molecule has 0 bridgehead atoms. The molecule has 0 saturated carbocycles. The number of thiocarbonyl (C=S) groups is 1. The van der Waals surface area contributed by atoms with Gasteiger partial charge in [0.2, 0.25) is 0 Å². The van der Waals surface area contributed by atoms with Gasteiger partial charge in [0.1, 0.15) is 16.6 Å². The van der Waals surface area contributed by atoms with Gasteiger partial charge in [0.05, 0.1) is 7.11 Å². The maximum absolute atomic E-state index is 5.43. The van der Waals surface area contributed by atoms with Crippen molar-refractivity contribution in [1.29, 1.82) is 0 Å². The summed E-state index contributed by atoms with van der Waals surface area (Å²) in [5.74, 6) is 1.97. The van der Waals surface area contributed by atoms with Crippen LogP contribution in [0.25, 0.3) is 0 Å². The fourth-order valence-electron chi connectivity index (χ4n) is 2.26. The van der Waals surface area contributed by atoms with Crippen LogP contribution in [0.2, 0.25) is 0 Å². The smallest absolute Gasteiger partial charge is 0.135 e. The van der Waals surface area contributed by atoms with Crippen LogP contribution in [0, 0.1) is 0 Å². The second-order valence-corrected chi connectivity index (χ2v) is 4.99. The summed E-state index contributed by atoms with van der Waals surface area (Å²) in [5, 5.41) is 0. The molecule has 0 unspecified atom stereocenters. The molecule has 0 spiro atoms. The molecule has 1 heterocycles. The summed E-state index contributed by atoms with van der Waals surface area (Å²) in [5.41, 5.74) is 0.977. The average Bonchev–Trinajstić information content (AvgIpc) is 2.48. The lowest BCUT2D eigenvalue weighted by Crippen LogP contribution is -2.35. The lowest BCUT2D eigenvalue weighted by molar-refractivity contribution is 0.387. The normalized spacial score (nSPS) is 17.6. The standard InChI is InChI=1S/C15H20N2OS/c1-3-17-11-5-4-6-14(17)16-15(19)12-7-9-13(18-2)10-8-12/h7-10H,3-6,11H2,1-2H3. The molecule has 0 radical (unpaired) electrons. The van der Waals surface area contributed by atoms with E-state index in [0.717, 1.165) is 36.7 Å². The second-order valence-electron chi connectivity index (χ2n) is 4.60. The molecule has 0 atom stereocenters. The van der Waals surface area contributed by atoms with Gasteiger partial charge in [0, 0.05) is 25.1 Å². The predicted octanol–water partition coefficient (Wildman–Crippen LogP) is 3.28. The molecule has 19 heavy (non-hydrogen) atoms. The molecule has 1 aromatic rings. The minimum absolute atomic E-state index is 0.665. The highest BCUT2D eigenvalue weighted by molar-refractivity contribution is 7.80. The molecular weight excluding hydrogens is 256 g/mol. The maximum Gasteiger partial charge on any atom is 0.135 e. The largest absolute Gasteiger partial charge is 0.497 e. The van der Waals surface area contributed by atoms with Gasteiger partial charge < -0.3 is 9.64 Å². The van der Waals surface area contributed by atoms with Crippen molar-refractivity contribution in [3.05, 3.63) is 29.8 Å². The molecule has 3 nitrogen and oxygen atoms in total. The van der Waals surface area contributed by atoms with E-state index in [4.69, 9.17) is 17.0 Å². The van der Waals surface area contributed by atoms with Gasteiger partial charge in [-0.2, -0.15) is 0 Å². The first-order valence-corrected chi connectivity index (χ1v) is 7.16. The van der Waals surface area contributed by atoms with Crippen molar-refractivity contribution in [3.63, 3.8) is 0 Å². The summed E-state index contributed by atoms with van der Waals surface area (Å²) in [6.07, 6.45) is 3.49. The van der Waals surface area contributed by atoms with Gasteiger partial charge in [0.15, 0.2) is 0 Å². The van der Waals surface area contributed by atoms with Crippen molar-refractivity contribution >= 4 is 23.0 Å². The summed E-state index contributed by atoms with van der Waals surface area (Å²) in [6, 6.07) is 7.76. The van der Waals surface area contributed by atoms with Crippen LogP contribution in [0.4, 0.5) is 0 Å². The molecule has 2 rings (SSSR count). The van der Waals surface area contributed by atoms with Crippen LogP contribution < -0.4 is 4.74 Å². The number of aliphatic imine (C=N–C) groups is 1. The number of benzene rings is 1. The van der Waals surface area contributed by atoms with Gasteiger partial charge in [0.25, 0.3) is 0 Å². The van der Waals surface area contributed by atoms with E-state index in [1.807, 2.05) is 24.3 Å².